The molecule has 0 radical (unpaired) electrons. The number of carboxylic acids is 2. The molecule has 2 unspecified atom stereocenters. The van der Waals surface area contributed by atoms with Gasteiger partial charge in [0.25, 0.3) is 11.2 Å². The Kier molecular flexibility index (Phi) is 11.6. The average Bonchev–Trinajstić information content (AvgIpc) is 3.07. The molecule has 11 nitrogen and oxygen atoms in total. The Morgan fingerprint density at radius 2 is 1.00 bits per heavy atom. The number of hydrogen-bond acceptors (Lipinski definition) is 8. The molecule has 0 bridgehead atoms. The minimum absolute atomic E-state index is 0.0740. The number of nitrogens with two attached hydrogens (primary N) is 1. The molecule has 0 heterocycles. The quantitative estimate of drug-likeness (QED) is 0.120. The first-order valence-corrected chi connectivity index (χ1v) is 14.4. The van der Waals surface area contributed by atoms with Gasteiger partial charge in [-0.05, 0) is 36.1 Å². The van der Waals surface area contributed by atoms with E-state index in [1.54, 1.807) is 11.9 Å². The summed E-state index contributed by atoms with van der Waals surface area (Å²) < 4.78 is 0. The van der Waals surface area contributed by atoms with Gasteiger partial charge in [-0.25, -0.2) is 9.59 Å². The van der Waals surface area contributed by atoms with Crippen molar-refractivity contribution in [2.24, 2.45) is 5.73 Å². The summed E-state index contributed by atoms with van der Waals surface area (Å²) >= 11 is 0. The van der Waals surface area contributed by atoms with E-state index in [1.807, 2.05) is 60.7 Å². The molecule has 0 aliphatic carbocycles. The SMILES string of the molecule is CN(Cc1ccccc1)C(=O)[C@@H](N)c1ccccc1.Cc1ccccc1C(=O)C(O)(C(=O)O)C(O)(C(=O)O)C(=O)c1ccccc1C. The van der Waals surface area contributed by atoms with Crippen molar-refractivity contribution in [3.63, 3.8) is 0 Å². The number of aliphatic carboxylic acids is 2. The van der Waals surface area contributed by atoms with Gasteiger partial charge in [-0.2, -0.15) is 0 Å². The van der Waals surface area contributed by atoms with Crippen LogP contribution in [0.1, 0.15) is 49.0 Å². The topological polar surface area (TPSA) is 196 Å². The molecule has 0 aromatic heterocycles. The molecule has 1 amide bonds. The number of ketones is 2. The molecule has 0 aliphatic heterocycles. The zero-order valence-electron chi connectivity index (χ0n) is 26.0. The van der Waals surface area contributed by atoms with E-state index in [4.69, 9.17) is 5.73 Å². The van der Waals surface area contributed by atoms with Crippen molar-refractivity contribution < 1.29 is 44.4 Å². The van der Waals surface area contributed by atoms with Gasteiger partial charge in [0.05, 0.1) is 0 Å². The normalized spacial score (nSPS) is 13.8. The summed E-state index contributed by atoms with van der Waals surface area (Å²) in [4.78, 5) is 63.4. The van der Waals surface area contributed by atoms with Gasteiger partial charge in [0.15, 0.2) is 0 Å². The van der Waals surface area contributed by atoms with Crippen LogP contribution in [-0.2, 0) is 20.9 Å². The lowest BCUT2D eigenvalue weighted by Crippen LogP contribution is -2.71. The van der Waals surface area contributed by atoms with Crippen LogP contribution in [0.3, 0.4) is 0 Å². The van der Waals surface area contributed by atoms with Gasteiger partial charge in [-0.15, -0.1) is 0 Å². The maximum absolute atomic E-state index is 12.9. The van der Waals surface area contributed by atoms with E-state index < -0.39 is 40.7 Å². The van der Waals surface area contributed by atoms with E-state index in [0.29, 0.717) is 6.54 Å². The second-order valence-electron chi connectivity index (χ2n) is 10.9. The standard InChI is InChI=1S/C20H18O8.C16H18N2O/c1-11-7-3-5-9-13(11)15(21)19(27,17(23)24)20(28,18(25)26)16(22)14-10-6-4-8-12(14)2;1-18(12-13-8-4-2-5-9-13)16(19)15(17)14-10-6-3-7-11-14/h3-10,27-28H,1-2H3,(H,23,24)(H,25,26);2-11,15H,12,17H2,1H3/t;15-/m.0/s1. The van der Waals surface area contributed by atoms with Crippen molar-refractivity contribution in [2.45, 2.75) is 37.6 Å². The smallest absolute Gasteiger partial charge is 0.348 e. The maximum Gasteiger partial charge on any atom is 0.348 e. The van der Waals surface area contributed by atoms with Crippen LogP contribution in [0, 0.1) is 13.8 Å². The van der Waals surface area contributed by atoms with E-state index in [9.17, 15) is 44.4 Å². The van der Waals surface area contributed by atoms with Crippen molar-refractivity contribution in [3.8, 4) is 0 Å². The van der Waals surface area contributed by atoms with Crippen LogP contribution < -0.4 is 5.73 Å². The van der Waals surface area contributed by atoms with Gasteiger partial charge >= 0.3 is 11.9 Å². The highest BCUT2D eigenvalue weighted by molar-refractivity contribution is 6.28. The average molecular weight is 641 g/mol. The number of rotatable bonds is 11. The lowest BCUT2D eigenvalue weighted by atomic mass is 9.72. The Bertz CT molecular complexity index is 1680. The van der Waals surface area contributed by atoms with Crippen molar-refractivity contribution in [2.75, 3.05) is 7.05 Å². The van der Waals surface area contributed by atoms with Gasteiger partial charge in [0.1, 0.15) is 6.04 Å². The van der Waals surface area contributed by atoms with Crippen LogP contribution in [0.5, 0.6) is 0 Å². The molecule has 4 aromatic rings. The molecule has 3 atom stereocenters. The van der Waals surface area contributed by atoms with E-state index >= 15 is 0 Å². The fraction of sp³-hybridized carbons (Fsp3) is 0.194. The Morgan fingerprint density at radius 1 is 0.638 bits per heavy atom. The summed E-state index contributed by atoms with van der Waals surface area (Å²) in [6.07, 6.45) is 0. The second kappa shape index (κ2) is 15.2. The van der Waals surface area contributed by atoms with Crippen molar-refractivity contribution in [1.82, 2.24) is 4.90 Å². The minimum atomic E-state index is -3.97. The number of carbonyl (C=O) groups is 5. The molecule has 6 N–H and O–H groups in total. The zero-order valence-corrected chi connectivity index (χ0v) is 26.0. The first kappa shape index (κ1) is 36.0. The summed E-state index contributed by atoms with van der Waals surface area (Å²) in [5.74, 6) is -8.05. The van der Waals surface area contributed by atoms with Gasteiger partial charge < -0.3 is 31.1 Å². The molecule has 0 saturated carbocycles. The number of aryl methyl sites for hydroxylation is 2. The third-order valence-corrected chi connectivity index (χ3v) is 7.64. The molecule has 0 spiro atoms. The number of likely N-dealkylation sites (N-methyl/N-ethyl adjacent to an activating group) is 1. The largest absolute Gasteiger partial charge is 0.479 e. The summed E-state index contributed by atoms with van der Waals surface area (Å²) in [6.45, 7) is 3.43. The Morgan fingerprint density at radius 3 is 1.38 bits per heavy atom. The third kappa shape index (κ3) is 7.50. The highest BCUT2D eigenvalue weighted by Gasteiger charge is 2.70. The van der Waals surface area contributed by atoms with E-state index in [0.717, 1.165) is 23.3 Å². The summed E-state index contributed by atoms with van der Waals surface area (Å²) in [5.41, 5.74) is -0.233. The molecule has 4 rings (SSSR count). The number of benzene rings is 4. The Hall–Kier alpha value is -5.49. The number of carbonyl (C=O) groups excluding carboxylic acids is 3. The molecular weight excluding hydrogens is 604 g/mol. The van der Waals surface area contributed by atoms with Crippen LogP contribution in [0.25, 0.3) is 0 Å². The lowest BCUT2D eigenvalue weighted by Gasteiger charge is -2.35. The first-order chi connectivity index (χ1) is 22.2. The monoisotopic (exact) mass is 640 g/mol. The number of Topliss-reactive ketones (excluding diaryl/α,β-unsaturated/α-hetero) is 2. The molecule has 47 heavy (non-hydrogen) atoms. The summed E-state index contributed by atoms with van der Waals surface area (Å²) in [7, 11) is 1.78. The van der Waals surface area contributed by atoms with Crippen LogP contribution >= 0.6 is 0 Å². The molecule has 0 saturated heterocycles. The molecule has 244 valence electrons. The predicted molar refractivity (Wildman–Crippen MR) is 172 cm³/mol. The number of amides is 1. The molecule has 0 fully saturated rings. The molecule has 0 aliphatic rings. The number of hydrogen-bond donors (Lipinski definition) is 5. The number of aliphatic hydroxyl groups is 2. The van der Waals surface area contributed by atoms with Gasteiger partial charge in [-0.3, -0.25) is 14.4 Å². The number of carboxylic acid groups (broad SMARTS) is 2. The first-order valence-electron chi connectivity index (χ1n) is 14.4. The van der Waals surface area contributed by atoms with Gasteiger partial charge in [-0.1, -0.05) is 109 Å². The maximum atomic E-state index is 12.9. The minimum Gasteiger partial charge on any atom is -0.479 e. The van der Waals surface area contributed by atoms with E-state index in [1.165, 1.54) is 50.2 Å². The van der Waals surface area contributed by atoms with Gasteiger partial charge in [0.2, 0.25) is 17.5 Å². The fourth-order valence-corrected chi connectivity index (χ4v) is 4.85. The van der Waals surface area contributed by atoms with Crippen molar-refractivity contribution in [3.05, 3.63) is 143 Å². The van der Waals surface area contributed by atoms with E-state index in [-0.39, 0.29) is 28.2 Å². The molecular formula is C36H36N2O9. The van der Waals surface area contributed by atoms with Crippen molar-refractivity contribution >= 4 is 29.4 Å². The second-order valence-corrected chi connectivity index (χ2v) is 10.9. The van der Waals surface area contributed by atoms with E-state index in [2.05, 4.69) is 0 Å². The lowest BCUT2D eigenvalue weighted by molar-refractivity contribution is -0.187. The van der Waals surface area contributed by atoms with Crippen molar-refractivity contribution in [1.29, 1.82) is 0 Å². The summed E-state index contributed by atoms with van der Waals surface area (Å²) in [6, 6.07) is 29.7. The predicted octanol–water partition coefficient (Wildman–Crippen LogP) is 3.35. The Labute approximate surface area is 271 Å². The molecule has 11 heteroatoms. The highest BCUT2D eigenvalue weighted by atomic mass is 16.5. The Balaban J connectivity index is 0.000000274. The van der Waals surface area contributed by atoms with Crippen LogP contribution in [0.15, 0.2) is 109 Å². The van der Waals surface area contributed by atoms with Crippen LogP contribution in [0.4, 0.5) is 0 Å². The zero-order chi connectivity index (χ0) is 34.9. The van der Waals surface area contributed by atoms with Crippen LogP contribution in [-0.4, -0.2) is 73.0 Å². The van der Waals surface area contributed by atoms with Crippen LogP contribution in [0.2, 0.25) is 0 Å². The highest BCUT2D eigenvalue weighted by Crippen LogP contribution is 2.33. The van der Waals surface area contributed by atoms with Gasteiger partial charge in [0, 0.05) is 24.7 Å². The fourth-order valence-electron chi connectivity index (χ4n) is 4.85. The summed E-state index contributed by atoms with van der Waals surface area (Å²) in [5, 5.41) is 40.6. The third-order valence-electron chi connectivity index (χ3n) is 7.64. The molecule has 4 aromatic carbocycles. The number of nitrogens with zero attached hydrogens (tertiary/aromatic N) is 1.